The minimum Gasteiger partial charge on any atom is -0.464 e. The number of carbonyl (C=O) groups is 1. The van der Waals surface area contributed by atoms with Crippen molar-refractivity contribution in [3.63, 3.8) is 0 Å². The molecule has 1 aromatic carbocycles. The van der Waals surface area contributed by atoms with Gasteiger partial charge in [0.1, 0.15) is 11.4 Å². The number of alkyl halides is 3. The van der Waals surface area contributed by atoms with E-state index in [4.69, 9.17) is 4.42 Å². The predicted molar refractivity (Wildman–Crippen MR) is 100 cm³/mol. The largest absolute Gasteiger partial charge is 0.464 e. The van der Waals surface area contributed by atoms with Crippen LogP contribution in [0.4, 0.5) is 19.0 Å². The Balaban J connectivity index is 1.54. The van der Waals surface area contributed by atoms with Gasteiger partial charge >= 0.3 is 6.18 Å². The molecule has 0 radical (unpaired) electrons. The van der Waals surface area contributed by atoms with Crippen LogP contribution in [0.25, 0.3) is 11.0 Å². The minimum atomic E-state index is -4.49. The molecule has 8 heteroatoms. The third-order valence-electron chi connectivity index (χ3n) is 4.47. The molecule has 0 saturated carbocycles. The molecular formula is C20H20F3N3O2. The summed E-state index contributed by atoms with van der Waals surface area (Å²) in [4.78, 5) is 15.9. The van der Waals surface area contributed by atoms with Gasteiger partial charge in [0.25, 0.3) is 0 Å². The number of benzene rings is 1. The topological polar surface area (TPSA) is 67.2 Å². The summed E-state index contributed by atoms with van der Waals surface area (Å²) in [6.45, 7) is 4.27. The molecule has 0 aliphatic carbocycles. The van der Waals surface area contributed by atoms with E-state index in [0.29, 0.717) is 0 Å². The van der Waals surface area contributed by atoms with Crippen molar-refractivity contribution in [2.24, 2.45) is 0 Å². The molecule has 0 aliphatic rings. The van der Waals surface area contributed by atoms with Crippen molar-refractivity contribution in [3.05, 3.63) is 59.0 Å². The Hall–Kier alpha value is -3.03. The van der Waals surface area contributed by atoms with Crippen LogP contribution in [0.2, 0.25) is 0 Å². The molecule has 0 unspecified atom stereocenters. The van der Waals surface area contributed by atoms with Crippen LogP contribution in [0.5, 0.6) is 0 Å². The summed E-state index contributed by atoms with van der Waals surface area (Å²) in [7, 11) is 0. The summed E-state index contributed by atoms with van der Waals surface area (Å²) >= 11 is 0. The molecule has 28 heavy (non-hydrogen) atoms. The lowest BCUT2D eigenvalue weighted by Crippen LogP contribution is -2.30. The lowest BCUT2D eigenvalue weighted by Gasteiger charge is -2.13. The number of hydrogen-bond acceptors (Lipinski definition) is 4. The lowest BCUT2D eigenvalue weighted by molar-refractivity contribution is -0.137. The monoisotopic (exact) mass is 391 g/mol. The molecule has 0 spiro atoms. The first-order valence-electron chi connectivity index (χ1n) is 8.76. The summed E-state index contributed by atoms with van der Waals surface area (Å²) in [5, 5.41) is 6.19. The van der Waals surface area contributed by atoms with Crippen LogP contribution in [0.3, 0.4) is 0 Å². The fourth-order valence-electron chi connectivity index (χ4n) is 2.87. The zero-order valence-corrected chi connectivity index (χ0v) is 15.5. The standard InChI is InChI=1S/C20H20F3N3O2/c1-12-8-15-14(11-28-17(15)9-13(12)2)10-18(27)24-6-7-26-19-16(20(21,22)23)4-3-5-25-19/h3-5,8-9,11H,6-7,10H2,1-2H3,(H,24,27)(H,25,26). The number of halogens is 3. The Morgan fingerprint density at radius 2 is 1.93 bits per heavy atom. The van der Waals surface area contributed by atoms with E-state index in [0.717, 1.165) is 33.7 Å². The molecule has 3 aromatic rings. The molecule has 5 nitrogen and oxygen atoms in total. The van der Waals surface area contributed by atoms with Gasteiger partial charge < -0.3 is 15.1 Å². The molecule has 2 N–H and O–H groups in total. The highest BCUT2D eigenvalue weighted by molar-refractivity contribution is 5.88. The van der Waals surface area contributed by atoms with Gasteiger partial charge in [-0.1, -0.05) is 0 Å². The number of aryl methyl sites for hydroxylation is 2. The van der Waals surface area contributed by atoms with Crippen LogP contribution < -0.4 is 10.6 Å². The molecule has 0 bridgehead atoms. The Kier molecular flexibility index (Phi) is 5.58. The van der Waals surface area contributed by atoms with Crippen LogP contribution >= 0.6 is 0 Å². The fraction of sp³-hybridized carbons (Fsp3) is 0.300. The van der Waals surface area contributed by atoms with E-state index in [9.17, 15) is 18.0 Å². The van der Waals surface area contributed by atoms with Crippen LogP contribution in [0.1, 0.15) is 22.3 Å². The second-order valence-electron chi connectivity index (χ2n) is 6.54. The van der Waals surface area contributed by atoms with Crippen molar-refractivity contribution in [1.82, 2.24) is 10.3 Å². The number of hydrogen-bond donors (Lipinski definition) is 2. The van der Waals surface area contributed by atoms with E-state index >= 15 is 0 Å². The summed E-state index contributed by atoms with van der Waals surface area (Å²) < 4.78 is 44.3. The normalized spacial score (nSPS) is 11.6. The summed E-state index contributed by atoms with van der Waals surface area (Å²) in [6.07, 6.45) is -1.51. The molecular weight excluding hydrogens is 371 g/mol. The maximum atomic E-state index is 12.9. The van der Waals surface area contributed by atoms with Gasteiger partial charge in [0, 0.05) is 30.2 Å². The Labute approximate surface area is 159 Å². The number of fused-ring (bicyclic) bond motifs is 1. The number of furan rings is 1. The highest BCUT2D eigenvalue weighted by atomic mass is 19.4. The first kappa shape index (κ1) is 19.7. The van der Waals surface area contributed by atoms with E-state index in [2.05, 4.69) is 15.6 Å². The third-order valence-corrected chi connectivity index (χ3v) is 4.47. The van der Waals surface area contributed by atoms with Crippen LogP contribution in [0, 0.1) is 13.8 Å². The lowest BCUT2D eigenvalue weighted by atomic mass is 10.0. The van der Waals surface area contributed by atoms with Crippen molar-refractivity contribution in [2.75, 3.05) is 18.4 Å². The van der Waals surface area contributed by atoms with Crippen LogP contribution in [0.15, 0.2) is 41.1 Å². The number of pyridine rings is 1. The van der Waals surface area contributed by atoms with Crippen molar-refractivity contribution >= 4 is 22.7 Å². The predicted octanol–water partition coefficient (Wildman–Crippen LogP) is 4.23. The van der Waals surface area contributed by atoms with Gasteiger partial charge in [0.2, 0.25) is 5.91 Å². The zero-order valence-electron chi connectivity index (χ0n) is 15.5. The van der Waals surface area contributed by atoms with Gasteiger partial charge in [-0.05, 0) is 49.2 Å². The Bertz CT molecular complexity index is 996. The highest BCUT2D eigenvalue weighted by Gasteiger charge is 2.33. The number of amides is 1. The summed E-state index contributed by atoms with van der Waals surface area (Å²) in [5.74, 6) is -0.490. The SMILES string of the molecule is Cc1cc2occ(CC(=O)NCCNc3ncccc3C(F)(F)F)c2cc1C. The van der Waals surface area contributed by atoms with E-state index in [1.54, 1.807) is 6.26 Å². The molecule has 0 aliphatic heterocycles. The van der Waals surface area contributed by atoms with Gasteiger partial charge in [-0.3, -0.25) is 4.79 Å². The quantitative estimate of drug-likeness (QED) is 0.617. The maximum absolute atomic E-state index is 12.9. The first-order chi connectivity index (χ1) is 13.3. The zero-order chi connectivity index (χ0) is 20.3. The maximum Gasteiger partial charge on any atom is 0.419 e. The molecule has 148 valence electrons. The Morgan fingerprint density at radius 1 is 1.18 bits per heavy atom. The number of carbonyl (C=O) groups excluding carboxylic acids is 1. The van der Waals surface area contributed by atoms with Gasteiger partial charge in [-0.15, -0.1) is 0 Å². The van der Waals surface area contributed by atoms with Gasteiger partial charge in [-0.2, -0.15) is 13.2 Å². The second-order valence-corrected chi connectivity index (χ2v) is 6.54. The number of nitrogens with one attached hydrogen (secondary N) is 2. The second kappa shape index (κ2) is 7.92. The van der Waals surface area contributed by atoms with Crippen LogP contribution in [-0.2, 0) is 17.4 Å². The molecule has 3 rings (SSSR count). The number of anilines is 1. The number of nitrogens with zero attached hydrogens (tertiary/aromatic N) is 1. The van der Waals surface area contributed by atoms with E-state index in [1.807, 2.05) is 26.0 Å². The first-order valence-corrected chi connectivity index (χ1v) is 8.76. The molecule has 0 saturated heterocycles. The average molecular weight is 391 g/mol. The molecule has 2 aromatic heterocycles. The molecule has 0 atom stereocenters. The highest BCUT2D eigenvalue weighted by Crippen LogP contribution is 2.33. The average Bonchev–Trinajstić information content (AvgIpc) is 3.00. The van der Waals surface area contributed by atoms with Crippen molar-refractivity contribution < 1.29 is 22.4 Å². The number of rotatable bonds is 6. The number of aromatic nitrogens is 1. The fourth-order valence-corrected chi connectivity index (χ4v) is 2.87. The van der Waals surface area contributed by atoms with Crippen molar-refractivity contribution in [1.29, 1.82) is 0 Å². The van der Waals surface area contributed by atoms with Gasteiger partial charge in [0.15, 0.2) is 0 Å². The molecule has 1 amide bonds. The summed E-state index contributed by atoms with van der Waals surface area (Å²) in [6, 6.07) is 6.11. The van der Waals surface area contributed by atoms with Crippen LogP contribution in [-0.4, -0.2) is 24.0 Å². The molecule has 2 heterocycles. The van der Waals surface area contributed by atoms with E-state index < -0.39 is 11.7 Å². The Morgan fingerprint density at radius 3 is 2.68 bits per heavy atom. The van der Waals surface area contributed by atoms with E-state index in [1.165, 1.54) is 12.3 Å². The van der Waals surface area contributed by atoms with Gasteiger partial charge in [0.05, 0.1) is 18.2 Å². The third kappa shape index (κ3) is 4.44. The smallest absolute Gasteiger partial charge is 0.419 e. The van der Waals surface area contributed by atoms with Gasteiger partial charge in [-0.25, -0.2) is 4.98 Å². The molecule has 0 fully saturated rings. The minimum absolute atomic E-state index is 0.121. The van der Waals surface area contributed by atoms with E-state index in [-0.39, 0.29) is 31.2 Å². The van der Waals surface area contributed by atoms with Crippen molar-refractivity contribution in [2.45, 2.75) is 26.4 Å². The van der Waals surface area contributed by atoms with Crippen molar-refractivity contribution in [3.8, 4) is 0 Å². The summed E-state index contributed by atoms with van der Waals surface area (Å²) in [5.41, 5.74) is 2.87.